The lowest BCUT2D eigenvalue weighted by Crippen LogP contribution is -2.31. The van der Waals surface area contributed by atoms with E-state index in [1.54, 1.807) is 21.6 Å². The number of rotatable bonds is 38. The van der Waals surface area contributed by atoms with Gasteiger partial charge in [-0.25, -0.2) is 0 Å². The fourth-order valence-corrected chi connectivity index (χ4v) is 7.45. The van der Waals surface area contributed by atoms with Crippen molar-refractivity contribution >= 4 is 33.5 Å². The van der Waals surface area contributed by atoms with Crippen LogP contribution in [0.5, 0.6) is 0 Å². The highest BCUT2D eigenvalue weighted by Crippen LogP contribution is 2.20. The maximum absolute atomic E-state index is 12.4. The average molecular weight is 689 g/mol. The van der Waals surface area contributed by atoms with Crippen molar-refractivity contribution in [1.29, 1.82) is 0 Å². The molecule has 0 atom stereocenters. The summed E-state index contributed by atoms with van der Waals surface area (Å²) in [6, 6.07) is 0. The monoisotopic (exact) mass is 689 g/mol. The van der Waals surface area contributed by atoms with Crippen molar-refractivity contribution in [2.75, 3.05) is 50.9 Å². The first-order chi connectivity index (χ1) is 22.6. The number of esters is 2. The van der Waals surface area contributed by atoms with Crippen LogP contribution in [0.3, 0.4) is 0 Å². The van der Waals surface area contributed by atoms with Gasteiger partial charge in [0.1, 0.15) is 0 Å². The molecular formula is C38H76N2O4S2. The van der Waals surface area contributed by atoms with Crippen LogP contribution in [0.2, 0.25) is 0 Å². The summed E-state index contributed by atoms with van der Waals surface area (Å²) in [6.07, 6.45) is 31.9. The molecule has 0 rings (SSSR count). The molecule has 0 saturated carbocycles. The molecule has 274 valence electrons. The van der Waals surface area contributed by atoms with Crippen molar-refractivity contribution in [3.05, 3.63) is 0 Å². The van der Waals surface area contributed by atoms with E-state index in [1.165, 1.54) is 128 Å². The van der Waals surface area contributed by atoms with Gasteiger partial charge in [-0.15, -0.1) is 0 Å². The van der Waals surface area contributed by atoms with Crippen LogP contribution < -0.4 is 5.73 Å². The quantitative estimate of drug-likeness (QED) is 0.0390. The van der Waals surface area contributed by atoms with Gasteiger partial charge in [-0.3, -0.25) is 9.59 Å². The highest BCUT2D eigenvalue weighted by molar-refractivity contribution is 8.76. The maximum Gasteiger partial charge on any atom is 0.307 e. The van der Waals surface area contributed by atoms with Crippen molar-refractivity contribution < 1.29 is 19.1 Å². The van der Waals surface area contributed by atoms with Gasteiger partial charge in [0, 0.05) is 37.7 Å². The van der Waals surface area contributed by atoms with Gasteiger partial charge in [-0.2, -0.15) is 0 Å². The predicted octanol–water partition coefficient (Wildman–Crippen LogP) is 10.9. The second-order valence-electron chi connectivity index (χ2n) is 13.0. The standard InChI is InChI=1S/C38H76N2O4S2/c1-3-5-7-9-11-13-15-17-19-21-23-25-33-43-37(41)27-30-40(32-36-46-45-35-29-39)31-28-38(42)44-34-26-24-22-20-18-16-14-12-10-8-6-4-2/h3-36,39H2,1-2H3. The summed E-state index contributed by atoms with van der Waals surface area (Å²) in [5, 5.41) is 0. The van der Waals surface area contributed by atoms with E-state index in [0.717, 1.165) is 43.7 Å². The van der Waals surface area contributed by atoms with Gasteiger partial charge in [0.25, 0.3) is 0 Å². The van der Waals surface area contributed by atoms with E-state index >= 15 is 0 Å². The molecule has 0 aromatic rings. The van der Waals surface area contributed by atoms with Crippen molar-refractivity contribution in [3.63, 3.8) is 0 Å². The van der Waals surface area contributed by atoms with Crippen LogP contribution in [0.15, 0.2) is 0 Å². The molecule has 0 aromatic carbocycles. The summed E-state index contributed by atoms with van der Waals surface area (Å²) in [5.74, 6) is 1.61. The molecule has 0 aromatic heterocycles. The molecule has 2 N–H and O–H groups in total. The molecule has 0 saturated heterocycles. The molecule has 0 radical (unpaired) electrons. The maximum atomic E-state index is 12.4. The zero-order chi connectivity index (χ0) is 33.6. The van der Waals surface area contributed by atoms with Crippen LogP contribution >= 0.6 is 21.6 Å². The first-order valence-electron chi connectivity index (χ1n) is 19.6. The van der Waals surface area contributed by atoms with Crippen molar-refractivity contribution in [2.45, 2.75) is 181 Å². The second kappa shape index (κ2) is 39.0. The molecule has 46 heavy (non-hydrogen) atoms. The Kier molecular flexibility index (Phi) is 38.6. The molecule has 0 aliphatic heterocycles. The molecule has 0 spiro atoms. The lowest BCUT2D eigenvalue weighted by Gasteiger charge is -2.21. The number of hydrogen-bond acceptors (Lipinski definition) is 8. The lowest BCUT2D eigenvalue weighted by atomic mass is 10.1. The Hall–Kier alpha value is -0.440. The van der Waals surface area contributed by atoms with E-state index in [0.29, 0.717) is 45.7 Å². The topological polar surface area (TPSA) is 81.9 Å². The summed E-state index contributed by atoms with van der Waals surface area (Å²) in [6.45, 7) is 8.32. The Bertz CT molecular complexity index is 596. The minimum absolute atomic E-state index is 0.132. The highest BCUT2D eigenvalue weighted by atomic mass is 33.1. The lowest BCUT2D eigenvalue weighted by molar-refractivity contribution is -0.144. The van der Waals surface area contributed by atoms with E-state index in [-0.39, 0.29) is 11.9 Å². The first kappa shape index (κ1) is 45.6. The van der Waals surface area contributed by atoms with E-state index in [1.807, 2.05) is 0 Å². The fraction of sp³-hybridized carbons (Fsp3) is 0.947. The number of unbranched alkanes of at least 4 members (excludes halogenated alkanes) is 22. The van der Waals surface area contributed by atoms with E-state index in [2.05, 4.69) is 18.7 Å². The van der Waals surface area contributed by atoms with Gasteiger partial charge < -0.3 is 20.1 Å². The largest absolute Gasteiger partial charge is 0.466 e. The third-order valence-electron chi connectivity index (χ3n) is 8.56. The minimum Gasteiger partial charge on any atom is -0.466 e. The Morgan fingerprint density at radius 2 is 0.804 bits per heavy atom. The van der Waals surface area contributed by atoms with E-state index < -0.39 is 0 Å². The van der Waals surface area contributed by atoms with Crippen LogP contribution in [-0.2, 0) is 19.1 Å². The number of carbonyl (C=O) groups excluding carboxylic acids is 2. The number of ether oxygens (including phenoxy) is 2. The minimum atomic E-state index is -0.132. The Balaban J connectivity index is 3.93. The summed E-state index contributed by atoms with van der Waals surface area (Å²) in [5.41, 5.74) is 5.60. The van der Waals surface area contributed by atoms with Crippen LogP contribution in [-0.4, -0.2) is 67.7 Å². The van der Waals surface area contributed by atoms with Crippen LogP contribution in [0.25, 0.3) is 0 Å². The third kappa shape index (κ3) is 36.4. The molecular weight excluding hydrogens is 613 g/mol. The Morgan fingerprint density at radius 1 is 0.478 bits per heavy atom. The third-order valence-corrected chi connectivity index (χ3v) is 11.0. The van der Waals surface area contributed by atoms with Gasteiger partial charge in [-0.1, -0.05) is 177 Å². The smallest absolute Gasteiger partial charge is 0.307 e. The molecule has 0 amide bonds. The van der Waals surface area contributed by atoms with Gasteiger partial charge >= 0.3 is 11.9 Å². The van der Waals surface area contributed by atoms with Gasteiger partial charge in [0.05, 0.1) is 26.1 Å². The number of nitrogens with two attached hydrogens (primary N) is 1. The van der Waals surface area contributed by atoms with Gasteiger partial charge in [0.2, 0.25) is 0 Å². The molecule has 0 unspecified atom stereocenters. The number of nitrogens with zero attached hydrogens (tertiary/aromatic N) is 1. The van der Waals surface area contributed by atoms with Gasteiger partial charge in [0.15, 0.2) is 0 Å². The highest BCUT2D eigenvalue weighted by Gasteiger charge is 2.12. The fourth-order valence-electron chi connectivity index (χ4n) is 5.57. The molecule has 0 heterocycles. The molecule has 0 fully saturated rings. The summed E-state index contributed by atoms with van der Waals surface area (Å²) in [4.78, 5) is 27.0. The van der Waals surface area contributed by atoms with Crippen LogP contribution in [0.4, 0.5) is 0 Å². The molecule has 0 aliphatic carbocycles. The predicted molar refractivity (Wildman–Crippen MR) is 204 cm³/mol. The molecule has 0 aliphatic rings. The Morgan fingerprint density at radius 3 is 1.15 bits per heavy atom. The normalized spacial score (nSPS) is 11.4. The molecule has 0 bridgehead atoms. The Labute approximate surface area is 294 Å². The molecule has 6 nitrogen and oxygen atoms in total. The van der Waals surface area contributed by atoms with Crippen molar-refractivity contribution in [2.24, 2.45) is 5.73 Å². The van der Waals surface area contributed by atoms with Gasteiger partial charge in [-0.05, 0) is 12.8 Å². The SMILES string of the molecule is CCCCCCCCCCCCCCOC(=O)CCN(CCSSCCN)CCC(=O)OCCCCCCCCCCCCCC. The number of hydrogen-bond donors (Lipinski definition) is 1. The first-order valence-corrected chi connectivity index (χ1v) is 22.1. The van der Waals surface area contributed by atoms with Crippen molar-refractivity contribution in [1.82, 2.24) is 4.90 Å². The van der Waals surface area contributed by atoms with Crippen LogP contribution in [0, 0.1) is 0 Å². The summed E-state index contributed by atoms with van der Waals surface area (Å²) >= 11 is 0. The second-order valence-corrected chi connectivity index (χ2v) is 15.7. The summed E-state index contributed by atoms with van der Waals surface area (Å²) in [7, 11) is 3.58. The van der Waals surface area contributed by atoms with E-state index in [4.69, 9.17) is 15.2 Å². The summed E-state index contributed by atoms with van der Waals surface area (Å²) < 4.78 is 11.0. The average Bonchev–Trinajstić information content (AvgIpc) is 3.06. The van der Waals surface area contributed by atoms with Crippen LogP contribution in [0.1, 0.15) is 181 Å². The zero-order valence-electron chi connectivity index (χ0n) is 30.5. The van der Waals surface area contributed by atoms with E-state index in [9.17, 15) is 9.59 Å². The molecule has 8 heteroatoms. The zero-order valence-corrected chi connectivity index (χ0v) is 32.1. The number of carbonyl (C=O) groups is 2. The van der Waals surface area contributed by atoms with Crippen molar-refractivity contribution in [3.8, 4) is 0 Å².